The fraction of sp³-hybridized carbons (Fsp3) is 0.429. The number of rotatable bonds is 6. The monoisotopic (exact) mass is 334 g/mol. The predicted molar refractivity (Wildman–Crippen MR) is 79.2 cm³/mol. The third-order valence-corrected chi connectivity index (χ3v) is 3.02. The number of benzene rings is 1. The molecule has 22 heavy (non-hydrogen) atoms. The zero-order valence-corrected chi connectivity index (χ0v) is 13.1. The minimum Gasteiger partial charge on any atom is -0.433 e. The van der Waals surface area contributed by atoms with Gasteiger partial charge in [0.15, 0.2) is 0 Å². The lowest BCUT2D eigenvalue weighted by atomic mass is 10.0. The van der Waals surface area contributed by atoms with Gasteiger partial charge in [0.2, 0.25) is 11.8 Å². The average Bonchev–Trinajstić information content (AvgIpc) is 2.38. The lowest BCUT2D eigenvalue weighted by molar-refractivity contribution is -0.126. The van der Waals surface area contributed by atoms with Crippen LogP contribution >= 0.6 is 11.6 Å². The highest BCUT2D eigenvalue weighted by Crippen LogP contribution is 2.29. The van der Waals surface area contributed by atoms with Gasteiger partial charge in [0.1, 0.15) is 11.8 Å². The molecule has 0 aliphatic heterocycles. The SMILES string of the molecule is CC(=O)NC(C(=O)Nc1ccc(OC(F)F)c(Cl)c1)C(C)C. The maximum atomic E-state index is 12.1. The first kappa shape index (κ1) is 18.2. The van der Waals surface area contributed by atoms with E-state index in [0.29, 0.717) is 5.69 Å². The molecule has 0 heterocycles. The van der Waals surface area contributed by atoms with Gasteiger partial charge in [-0.25, -0.2) is 0 Å². The molecule has 1 rings (SSSR count). The summed E-state index contributed by atoms with van der Waals surface area (Å²) in [4.78, 5) is 23.3. The molecule has 0 radical (unpaired) electrons. The molecule has 0 saturated heterocycles. The molecular formula is C14H17ClF2N2O3. The standard InChI is InChI=1S/C14H17ClF2N2O3/c1-7(2)12(18-8(3)20)13(21)19-9-4-5-11(10(15)6-9)22-14(16)17/h4-7,12,14H,1-3H3,(H,18,20)(H,19,21). The summed E-state index contributed by atoms with van der Waals surface area (Å²) >= 11 is 5.80. The Morgan fingerprint density at radius 1 is 1.27 bits per heavy atom. The van der Waals surface area contributed by atoms with Gasteiger partial charge in [-0.15, -0.1) is 0 Å². The second kappa shape index (κ2) is 7.93. The Balaban J connectivity index is 2.82. The topological polar surface area (TPSA) is 67.4 Å². The molecule has 122 valence electrons. The molecule has 0 aliphatic carbocycles. The lowest BCUT2D eigenvalue weighted by Gasteiger charge is -2.21. The van der Waals surface area contributed by atoms with Crippen molar-refractivity contribution in [2.45, 2.75) is 33.4 Å². The summed E-state index contributed by atoms with van der Waals surface area (Å²) in [5.74, 6) is -1.06. The summed E-state index contributed by atoms with van der Waals surface area (Å²) in [6.07, 6.45) is 0. The fourth-order valence-corrected chi connectivity index (χ4v) is 1.97. The Labute approximate surface area is 132 Å². The molecule has 0 spiro atoms. The molecule has 2 N–H and O–H groups in total. The second-order valence-electron chi connectivity index (χ2n) is 4.94. The molecule has 0 saturated carbocycles. The average molecular weight is 335 g/mol. The van der Waals surface area contributed by atoms with Gasteiger partial charge in [0.25, 0.3) is 0 Å². The van der Waals surface area contributed by atoms with Gasteiger partial charge in [-0.2, -0.15) is 8.78 Å². The van der Waals surface area contributed by atoms with E-state index in [4.69, 9.17) is 11.6 Å². The summed E-state index contributed by atoms with van der Waals surface area (Å²) < 4.78 is 28.5. The highest BCUT2D eigenvalue weighted by molar-refractivity contribution is 6.32. The molecule has 0 aromatic heterocycles. The van der Waals surface area contributed by atoms with E-state index < -0.39 is 18.6 Å². The highest BCUT2D eigenvalue weighted by atomic mass is 35.5. The number of carbonyl (C=O) groups excluding carboxylic acids is 2. The van der Waals surface area contributed by atoms with Crippen LogP contribution in [0.2, 0.25) is 5.02 Å². The van der Waals surface area contributed by atoms with Crippen LogP contribution in [-0.2, 0) is 9.59 Å². The molecule has 5 nitrogen and oxygen atoms in total. The molecule has 0 aliphatic rings. The van der Waals surface area contributed by atoms with Crippen LogP contribution in [0.1, 0.15) is 20.8 Å². The van der Waals surface area contributed by atoms with Crippen LogP contribution < -0.4 is 15.4 Å². The first-order valence-electron chi connectivity index (χ1n) is 6.53. The molecule has 2 amide bonds. The first-order valence-corrected chi connectivity index (χ1v) is 6.90. The minimum absolute atomic E-state index is 0.0567. The molecule has 0 fully saturated rings. The predicted octanol–water partition coefficient (Wildman–Crippen LogP) is 3.04. The van der Waals surface area contributed by atoms with Crippen molar-refractivity contribution < 1.29 is 23.1 Å². The number of alkyl halides is 2. The zero-order valence-electron chi connectivity index (χ0n) is 12.3. The highest BCUT2D eigenvalue weighted by Gasteiger charge is 2.23. The molecule has 1 atom stereocenters. The third kappa shape index (κ3) is 5.48. The van der Waals surface area contributed by atoms with E-state index in [0.717, 1.165) is 0 Å². The van der Waals surface area contributed by atoms with Crippen LogP contribution in [0.3, 0.4) is 0 Å². The van der Waals surface area contributed by atoms with E-state index >= 15 is 0 Å². The van der Waals surface area contributed by atoms with E-state index in [9.17, 15) is 18.4 Å². The smallest absolute Gasteiger partial charge is 0.387 e. The van der Waals surface area contributed by atoms with Crippen molar-refractivity contribution in [2.24, 2.45) is 5.92 Å². The van der Waals surface area contributed by atoms with Crippen molar-refractivity contribution >= 4 is 29.1 Å². The minimum atomic E-state index is -2.98. The van der Waals surface area contributed by atoms with Crippen molar-refractivity contribution in [3.05, 3.63) is 23.2 Å². The maximum absolute atomic E-state index is 12.1. The zero-order chi connectivity index (χ0) is 16.9. The number of carbonyl (C=O) groups is 2. The van der Waals surface area contributed by atoms with Crippen LogP contribution in [0.4, 0.5) is 14.5 Å². The van der Waals surface area contributed by atoms with Gasteiger partial charge in [0, 0.05) is 12.6 Å². The third-order valence-electron chi connectivity index (χ3n) is 2.72. The van der Waals surface area contributed by atoms with Crippen LogP contribution in [0.5, 0.6) is 5.75 Å². The molecule has 1 aromatic rings. The van der Waals surface area contributed by atoms with E-state index in [2.05, 4.69) is 15.4 Å². The van der Waals surface area contributed by atoms with Gasteiger partial charge < -0.3 is 15.4 Å². The Morgan fingerprint density at radius 2 is 1.91 bits per heavy atom. The Kier molecular flexibility index (Phi) is 6.55. The summed E-state index contributed by atoms with van der Waals surface area (Å²) in [6.45, 7) is 1.90. The van der Waals surface area contributed by atoms with Crippen molar-refractivity contribution in [2.75, 3.05) is 5.32 Å². The Bertz CT molecular complexity index is 553. The number of nitrogens with one attached hydrogen (secondary N) is 2. The van der Waals surface area contributed by atoms with Crippen LogP contribution in [0.15, 0.2) is 18.2 Å². The second-order valence-corrected chi connectivity index (χ2v) is 5.34. The number of hydrogen-bond acceptors (Lipinski definition) is 3. The first-order chi connectivity index (χ1) is 10.2. The number of halogens is 3. The van der Waals surface area contributed by atoms with E-state index in [1.807, 2.05) is 0 Å². The molecule has 8 heteroatoms. The summed E-state index contributed by atoms with van der Waals surface area (Å²) in [6, 6.07) is 3.19. The van der Waals surface area contributed by atoms with Gasteiger partial charge in [-0.3, -0.25) is 9.59 Å². The summed E-state index contributed by atoms with van der Waals surface area (Å²) in [5, 5.41) is 5.06. The summed E-state index contributed by atoms with van der Waals surface area (Å²) in [7, 11) is 0. The van der Waals surface area contributed by atoms with E-state index in [1.54, 1.807) is 13.8 Å². The number of anilines is 1. The summed E-state index contributed by atoms with van der Waals surface area (Å²) in [5.41, 5.74) is 0.313. The Hall–Kier alpha value is -1.89. The molecule has 0 bridgehead atoms. The van der Waals surface area contributed by atoms with Gasteiger partial charge in [0.05, 0.1) is 5.02 Å². The number of ether oxygens (including phenoxy) is 1. The van der Waals surface area contributed by atoms with Crippen LogP contribution in [0, 0.1) is 5.92 Å². The molecule has 1 aromatic carbocycles. The lowest BCUT2D eigenvalue weighted by Crippen LogP contribution is -2.46. The molecular weight excluding hydrogens is 318 g/mol. The van der Waals surface area contributed by atoms with Crippen molar-refractivity contribution in [3.8, 4) is 5.75 Å². The maximum Gasteiger partial charge on any atom is 0.387 e. The quantitative estimate of drug-likeness (QED) is 0.840. The number of amides is 2. The molecule has 1 unspecified atom stereocenters. The van der Waals surface area contributed by atoms with Crippen molar-refractivity contribution in [1.82, 2.24) is 5.32 Å². The van der Waals surface area contributed by atoms with Crippen molar-refractivity contribution in [3.63, 3.8) is 0 Å². The largest absolute Gasteiger partial charge is 0.433 e. The van der Waals surface area contributed by atoms with Gasteiger partial charge in [-0.05, 0) is 24.1 Å². The van der Waals surface area contributed by atoms with Crippen LogP contribution in [0.25, 0.3) is 0 Å². The van der Waals surface area contributed by atoms with Gasteiger partial charge in [-0.1, -0.05) is 25.4 Å². The number of hydrogen-bond donors (Lipinski definition) is 2. The van der Waals surface area contributed by atoms with E-state index in [-0.39, 0.29) is 22.6 Å². The van der Waals surface area contributed by atoms with E-state index in [1.165, 1.54) is 25.1 Å². The van der Waals surface area contributed by atoms with Crippen molar-refractivity contribution in [1.29, 1.82) is 0 Å². The van der Waals surface area contributed by atoms with Crippen LogP contribution in [-0.4, -0.2) is 24.5 Å². The normalized spacial score (nSPS) is 12.2. The Morgan fingerprint density at radius 3 is 2.36 bits per heavy atom. The van der Waals surface area contributed by atoms with Gasteiger partial charge >= 0.3 is 6.61 Å². The fourth-order valence-electron chi connectivity index (χ4n) is 1.74.